The molecule has 0 saturated heterocycles. The predicted molar refractivity (Wildman–Crippen MR) is 47.2 cm³/mol. The quantitative estimate of drug-likeness (QED) is 0.620. The van der Waals surface area contributed by atoms with Gasteiger partial charge in [-0.25, -0.2) is 4.57 Å². The average molecular weight is 193 g/mol. The van der Waals surface area contributed by atoms with E-state index in [1.54, 1.807) is 0 Å². The van der Waals surface area contributed by atoms with Gasteiger partial charge >= 0.3 is 8.69 Å². The maximum atomic E-state index is 9.96. The number of hydrogen-bond donors (Lipinski definition) is 1. The zero-order chi connectivity index (χ0) is 9.40. The normalized spacial score (nSPS) is 16.2. The first-order chi connectivity index (χ1) is 5.74. The predicted octanol–water partition coefficient (Wildman–Crippen LogP) is 1.35. The Bertz CT molecular complexity index is 123. The highest BCUT2D eigenvalue weighted by atomic mass is 31.1. The molecule has 0 heterocycles. The average Bonchev–Trinajstić information content (AvgIpc) is 2.11. The zero-order valence-corrected chi connectivity index (χ0v) is 8.42. The first-order valence-electron chi connectivity index (χ1n) is 4.04. The Morgan fingerprint density at radius 3 is 2.67 bits per heavy atom. The Balaban J connectivity index is 3.58. The molecular weight excluding hydrogens is 177 g/mol. The zero-order valence-electron chi connectivity index (χ0n) is 7.53. The molecule has 72 valence electrons. The monoisotopic (exact) mass is 193 g/mol. The smallest absolute Gasteiger partial charge is 0.327 e. The molecule has 2 atom stereocenters. The van der Waals surface area contributed by atoms with Crippen LogP contribution in [0.2, 0.25) is 0 Å². The van der Waals surface area contributed by atoms with Crippen molar-refractivity contribution in [1.29, 1.82) is 0 Å². The van der Waals surface area contributed by atoms with Gasteiger partial charge < -0.3 is 10.5 Å². The summed E-state index contributed by atoms with van der Waals surface area (Å²) in [6.45, 7) is 4.67. The second-order valence-electron chi connectivity index (χ2n) is 2.58. The van der Waals surface area contributed by atoms with Crippen LogP contribution in [0.25, 0.3) is 0 Å². The molecule has 0 aliphatic carbocycles. The second-order valence-corrected chi connectivity index (χ2v) is 2.99. The van der Waals surface area contributed by atoms with Gasteiger partial charge in [0.1, 0.15) is 0 Å². The fourth-order valence-electron chi connectivity index (χ4n) is 0.701. The van der Waals surface area contributed by atoms with Gasteiger partial charge in [-0.2, -0.15) is 0 Å². The lowest BCUT2D eigenvalue weighted by molar-refractivity contribution is -0.0194. The van der Waals surface area contributed by atoms with Crippen molar-refractivity contribution < 1.29 is 13.8 Å². The van der Waals surface area contributed by atoms with Gasteiger partial charge in [0, 0.05) is 6.54 Å². The SMILES string of the molecule is CC[C@H](C)O[C@@H](CN)COP=O. The Morgan fingerprint density at radius 1 is 1.58 bits per heavy atom. The molecule has 4 nitrogen and oxygen atoms in total. The molecule has 0 aromatic heterocycles. The summed E-state index contributed by atoms with van der Waals surface area (Å²) >= 11 is 0. The largest absolute Gasteiger partial charge is 0.372 e. The minimum Gasteiger partial charge on any atom is -0.372 e. The molecule has 0 aromatic rings. The lowest BCUT2D eigenvalue weighted by Gasteiger charge is -2.18. The van der Waals surface area contributed by atoms with E-state index in [4.69, 9.17) is 10.5 Å². The molecular formula is C7H16NO3P. The van der Waals surface area contributed by atoms with Crippen molar-refractivity contribution in [2.24, 2.45) is 5.73 Å². The first-order valence-corrected chi connectivity index (χ1v) is 4.77. The molecule has 0 aromatic carbocycles. The van der Waals surface area contributed by atoms with Crippen LogP contribution in [0, 0.1) is 0 Å². The Kier molecular flexibility index (Phi) is 7.61. The summed E-state index contributed by atoms with van der Waals surface area (Å²) in [6.07, 6.45) is 0.956. The summed E-state index contributed by atoms with van der Waals surface area (Å²) in [6, 6.07) is 0. The highest BCUT2D eigenvalue weighted by molar-refractivity contribution is 7.17. The Hall–Kier alpha value is -0.0200. The standard InChI is InChI=1S/C7H16NO3P/c1-3-6(2)11-7(4-8)5-10-12-9/h6-7H,3-5,8H2,1-2H3/t6-,7-/m0/s1. The van der Waals surface area contributed by atoms with Crippen LogP contribution in [0.4, 0.5) is 0 Å². The van der Waals surface area contributed by atoms with Crippen molar-refractivity contribution in [2.45, 2.75) is 32.5 Å². The topological polar surface area (TPSA) is 61.6 Å². The van der Waals surface area contributed by atoms with Crippen molar-refractivity contribution in [2.75, 3.05) is 13.2 Å². The van der Waals surface area contributed by atoms with Gasteiger partial charge in [-0.15, -0.1) is 0 Å². The number of hydrogen-bond acceptors (Lipinski definition) is 4. The van der Waals surface area contributed by atoms with E-state index >= 15 is 0 Å². The minimum atomic E-state index is -0.320. The molecule has 0 fully saturated rings. The summed E-state index contributed by atoms with van der Waals surface area (Å²) in [5.41, 5.74) is 5.41. The Labute approximate surface area is 74.7 Å². The van der Waals surface area contributed by atoms with Gasteiger partial charge in [0.2, 0.25) is 0 Å². The fraction of sp³-hybridized carbons (Fsp3) is 1.00. The third kappa shape index (κ3) is 5.61. The van der Waals surface area contributed by atoms with E-state index in [2.05, 4.69) is 4.52 Å². The summed E-state index contributed by atoms with van der Waals surface area (Å²) in [5, 5.41) is 0. The van der Waals surface area contributed by atoms with E-state index < -0.39 is 0 Å². The lowest BCUT2D eigenvalue weighted by atomic mass is 10.3. The van der Waals surface area contributed by atoms with E-state index in [0.29, 0.717) is 6.54 Å². The van der Waals surface area contributed by atoms with E-state index in [1.165, 1.54) is 0 Å². The minimum absolute atomic E-state index is 0.151. The van der Waals surface area contributed by atoms with Gasteiger partial charge in [-0.1, -0.05) is 6.92 Å². The molecule has 0 saturated carbocycles. The molecule has 0 bridgehead atoms. The fourth-order valence-corrected chi connectivity index (χ4v) is 0.928. The van der Waals surface area contributed by atoms with E-state index in [0.717, 1.165) is 6.42 Å². The highest BCUT2D eigenvalue weighted by Gasteiger charge is 2.10. The molecule has 2 N–H and O–H groups in total. The third-order valence-corrected chi connectivity index (χ3v) is 1.83. The summed E-state index contributed by atoms with van der Waals surface area (Å²) < 4.78 is 20.1. The molecule has 0 aliphatic rings. The van der Waals surface area contributed by atoms with Crippen molar-refractivity contribution in [1.82, 2.24) is 0 Å². The van der Waals surface area contributed by atoms with E-state index in [1.807, 2.05) is 13.8 Å². The van der Waals surface area contributed by atoms with Crippen molar-refractivity contribution >= 4 is 8.69 Å². The van der Waals surface area contributed by atoms with Crippen LogP contribution in [-0.4, -0.2) is 25.4 Å². The molecule has 0 unspecified atom stereocenters. The van der Waals surface area contributed by atoms with Crippen LogP contribution in [0.1, 0.15) is 20.3 Å². The maximum absolute atomic E-state index is 9.96. The van der Waals surface area contributed by atoms with Gasteiger partial charge in [-0.05, 0) is 13.3 Å². The van der Waals surface area contributed by atoms with E-state index in [-0.39, 0.29) is 27.5 Å². The second kappa shape index (κ2) is 7.62. The lowest BCUT2D eigenvalue weighted by Crippen LogP contribution is -2.30. The first kappa shape index (κ1) is 12.0. The van der Waals surface area contributed by atoms with Crippen LogP contribution >= 0.6 is 8.69 Å². The molecule has 0 aliphatic heterocycles. The van der Waals surface area contributed by atoms with Crippen LogP contribution in [0.3, 0.4) is 0 Å². The molecule has 0 spiro atoms. The molecule has 0 radical (unpaired) electrons. The summed E-state index contributed by atoms with van der Waals surface area (Å²) in [4.78, 5) is 0. The summed E-state index contributed by atoms with van der Waals surface area (Å²) in [5.74, 6) is 0. The van der Waals surface area contributed by atoms with Gasteiger partial charge in [-0.3, -0.25) is 4.52 Å². The maximum Gasteiger partial charge on any atom is 0.327 e. The van der Waals surface area contributed by atoms with Crippen LogP contribution in [-0.2, 0) is 13.8 Å². The van der Waals surface area contributed by atoms with Crippen LogP contribution in [0.5, 0.6) is 0 Å². The van der Waals surface area contributed by atoms with Gasteiger partial charge in [0.15, 0.2) is 0 Å². The third-order valence-electron chi connectivity index (χ3n) is 1.58. The van der Waals surface area contributed by atoms with E-state index in [9.17, 15) is 4.57 Å². The number of nitrogens with two attached hydrogens (primary N) is 1. The van der Waals surface area contributed by atoms with Gasteiger partial charge in [0.05, 0.1) is 18.8 Å². The molecule has 0 amide bonds. The number of ether oxygens (including phenoxy) is 1. The Morgan fingerprint density at radius 2 is 2.25 bits per heavy atom. The van der Waals surface area contributed by atoms with Crippen molar-refractivity contribution in [3.63, 3.8) is 0 Å². The highest BCUT2D eigenvalue weighted by Crippen LogP contribution is 2.04. The molecule has 12 heavy (non-hydrogen) atoms. The van der Waals surface area contributed by atoms with Crippen LogP contribution in [0.15, 0.2) is 0 Å². The van der Waals surface area contributed by atoms with Gasteiger partial charge in [0.25, 0.3) is 0 Å². The van der Waals surface area contributed by atoms with Crippen molar-refractivity contribution in [3.05, 3.63) is 0 Å². The number of rotatable bonds is 7. The summed E-state index contributed by atoms with van der Waals surface area (Å²) in [7, 11) is -0.320. The van der Waals surface area contributed by atoms with Crippen molar-refractivity contribution in [3.8, 4) is 0 Å². The molecule has 5 heteroatoms. The van der Waals surface area contributed by atoms with Crippen LogP contribution < -0.4 is 5.73 Å². The molecule has 0 rings (SSSR count).